The number of nitrogens with zero attached hydrogens (tertiary/aromatic N) is 2. The molecule has 5 nitrogen and oxygen atoms in total. The summed E-state index contributed by atoms with van der Waals surface area (Å²) >= 11 is 0. The van der Waals surface area contributed by atoms with Crippen molar-refractivity contribution in [2.75, 3.05) is 31.6 Å². The lowest BCUT2D eigenvalue weighted by Gasteiger charge is -2.19. The third kappa shape index (κ3) is 5.89. The molecule has 0 unspecified atom stereocenters. The van der Waals surface area contributed by atoms with E-state index in [1.165, 1.54) is 0 Å². The summed E-state index contributed by atoms with van der Waals surface area (Å²) in [6.07, 6.45) is 1.81. The zero-order chi connectivity index (χ0) is 13.4. The Kier molecular flexibility index (Phi) is 8.91. The number of nitrogens with one attached hydrogen (secondary N) is 2. The van der Waals surface area contributed by atoms with E-state index >= 15 is 0 Å². The number of carbonyl (C=O) groups is 1. The standard InChI is InChI=1S/C13H22N4O.ClH/c1-4-17(5-2)12-7-6-11(8-15-12)9-16-13(18)10-14-3;/h6-8,14H,4-5,9-10H2,1-3H3,(H,16,18);1H. The van der Waals surface area contributed by atoms with Gasteiger partial charge in [-0.15, -0.1) is 12.4 Å². The molecule has 1 rings (SSSR count). The highest BCUT2D eigenvalue weighted by atomic mass is 35.5. The normalized spacial score (nSPS) is 9.63. The second kappa shape index (κ2) is 9.58. The Hall–Kier alpha value is -1.33. The minimum absolute atomic E-state index is 0. The number of hydrogen-bond donors (Lipinski definition) is 2. The van der Waals surface area contributed by atoms with E-state index in [1.54, 1.807) is 7.05 Å². The van der Waals surface area contributed by atoms with Crippen LogP contribution in [0.2, 0.25) is 0 Å². The zero-order valence-electron chi connectivity index (χ0n) is 11.8. The van der Waals surface area contributed by atoms with Crippen molar-refractivity contribution in [1.29, 1.82) is 0 Å². The average molecular weight is 287 g/mol. The monoisotopic (exact) mass is 286 g/mol. The van der Waals surface area contributed by atoms with Crippen LogP contribution in [0.15, 0.2) is 18.3 Å². The van der Waals surface area contributed by atoms with E-state index in [2.05, 4.69) is 34.4 Å². The highest BCUT2D eigenvalue weighted by Gasteiger charge is 2.03. The first kappa shape index (κ1) is 17.7. The number of anilines is 1. The van der Waals surface area contributed by atoms with Crippen molar-refractivity contribution in [3.05, 3.63) is 23.9 Å². The molecule has 2 N–H and O–H groups in total. The van der Waals surface area contributed by atoms with Crippen LogP contribution in [0, 0.1) is 0 Å². The molecular formula is C13H23ClN4O. The number of carbonyl (C=O) groups excluding carboxylic acids is 1. The van der Waals surface area contributed by atoms with Crippen LogP contribution in [0.25, 0.3) is 0 Å². The maximum Gasteiger partial charge on any atom is 0.234 e. The van der Waals surface area contributed by atoms with Gasteiger partial charge in [0.15, 0.2) is 0 Å². The number of rotatable bonds is 7. The molecule has 0 radical (unpaired) electrons. The summed E-state index contributed by atoms with van der Waals surface area (Å²) in [5.41, 5.74) is 1.01. The van der Waals surface area contributed by atoms with Gasteiger partial charge in [-0.25, -0.2) is 4.98 Å². The molecule has 1 amide bonds. The third-order valence-electron chi connectivity index (χ3n) is 2.72. The summed E-state index contributed by atoms with van der Waals surface area (Å²) in [5, 5.41) is 5.63. The number of pyridine rings is 1. The van der Waals surface area contributed by atoms with Crippen molar-refractivity contribution < 1.29 is 4.79 Å². The second-order valence-electron chi connectivity index (χ2n) is 4.00. The lowest BCUT2D eigenvalue weighted by atomic mass is 10.2. The molecular weight excluding hydrogens is 264 g/mol. The van der Waals surface area contributed by atoms with Crippen LogP contribution >= 0.6 is 12.4 Å². The van der Waals surface area contributed by atoms with Crippen molar-refractivity contribution in [1.82, 2.24) is 15.6 Å². The molecule has 108 valence electrons. The first-order chi connectivity index (χ1) is 8.71. The molecule has 19 heavy (non-hydrogen) atoms. The fraction of sp³-hybridized carbons (Fsp3) is 0.538. The van der Waals surface area contributed by atoms with Crippen LogP contribution in [0.1, 0.15) is 19.4 Å². The zero-order valence-corrected chi connectivity index (χ0v) is 12.6. The Labute approximate surface area is 121 Å². The summed E-state index contributed by atoms with van der Waals surface area (Å²) in [6, 6.07) is 3.99. The molecule has 1 aromatic rings. The van der Waals surface area contributed by atoms with Gasteiger partial charge in [0.1, 0.15) is 5.82 Å². The van der Waals surface area contributed by atoms with E-state index in [9.17, 15) is 4.79 Å². The fourth-order valence-electron chi connectivity index (χ4n) is 1.68. The Bertz CT molecular complexity index is 365. The van der Waals surface area contributed by atoms with Crippen molar-refractivity contribution in [2.24, 2.45) is 0 Å². The molecule has 0 atom stereocenters. The van der Waals surface area contributed by atoms with Crippen molar-refractivity contribution in [3.8, 4) is 0 Å². The van der Waals surface area contributed by atoms with Gasteiger partial charge in [0.25, 0.3) is 0 Å². The highest BCUT2D eigenvalue weighted by Crippen LogP contribution is 2.10. The van der Waals surface area contributed by atoms with Crippen LogP contribution in [0.4, 0.5) is 5.82 Å². The van der Waals surface area contributed by atoms with Crippen LogP contribution in [0.3, 0.4) is 0 Å². The molecule has 0 aliphatic heterocycles. The first-order valence-electron chi connectivity index (χ1n) is 6.32. The van der Waals surface area contributed by atoms with E-state index in [4.69, 9.17) is 0 Å². The van der Waals surface area contributed by atoms with E-state index < -0.39 is 0 Å². The van der Waals surface area contributed by atoms with Crippen molar-refractivity contribution in [3.63, 3.8) is 0 Å². The summed E-state index contributed by atoms with van der Waals surface area (Å²) in [6.45, 7) is 6.97. The molecule has 6 heteroatoms. The molecule has 0 aliphatic rings. The van der Waals surface area contributed by atoms with Crippen LogP contribution in [0.5, 0.6) is 0 Å². The van der Waals surface area contributed by atoms with Gasteiger partial charge in [-0.1, -0.05) is 6.07 Å². The van der Waals surface area contributed by atoms with E-state index in [-0.39, 0.29) is 18.3 Å². The van der Waals surface area contributed by atoms with Gasteiger partial charge in [0, 0.05) is 25.8 Å². The van der Waals surface area contributed by atoms with Crippen LogP contribution in [-0.4, -0.2) is 37.6 Å². The SMILES string of the molecule is CCN(CC)c1ccc(CNC(=O)CNC)cn1.Cl. The fourth-order valence-corrected chi connectivity index (χ4v) is 1.68. The van der Waals surface area contributed by atoms with Gasteiger partial charge < -0.3 is 15.5 Å². The first-order valence-corrected chi connectivity index (χ1v) is 6.32. The van der Waals surface area contributed by atoms with Crippen molar-refractivity contribution in [2.45, 2.75) is 20.4 Å². The number of aromatic nitrogens is 1. The van der Waals surface area contributed by atoms with E-state index in [1.807, 2.05) is 18.3 Å². The molecule has 0 saturated carbocycles. The summed E-state index contributed by atoms with van der Waals surface area (Å²) in [4.78, 5) is 17.9. The van der Waals surface area contributed by atoms with Gasteiger partial charge in [-0.2, -0.15) is 0 Å². The quantitative estimate of drug-likeness (QED) is 0.790. The average Bonchev–Trinajstić information content (AvgIpc) is 2.39. The maximum atomic E-state index is 11.3. The molecule has 0 fully saturated rings. The Morgan fingerprint density at radius 1 is 1.32 bits per heavy atom. The Morgan fingerprint density at radius 2 is 2.00 bits per heavy atom. The second-order valence-corrected chi connectivity index (χ2v) is 4.00. The number of halogens is 1. The summed E-state index contributed by atoms with van der Waals surface area (Å²) in [7, 11) is 1.75. The Balaban J connectivity index is 0.00000324. The predicted octanol–water partition coefficient (Wildman–Crippen LogP) is 1.19. The molecule has 1 aromatic heterocycles. The largest absolute Gasteiger partial charge is 0.357 e. The number of likely N-dealkylation sites (N-methyl/N-ethyl adjacent to an activating group) is 1. The molecule has 0 aromatic carbocycles. The molecule has 0 bridgehead atoms. The minimum Gasteiger partial charge on any atom is -0.357 e. The van der Waals surface area contributed by atoms with Gasteiger partial charge in [0.2, 0.25) is 5.91 Å². The van der Waals surface area contributed by atoms with E-state index in [0.29, 0.717) is 13.1 Å². The number of amides is 1. The van der Waals surface area contributed by atoms with Crippen LogP contribution < -0.4 is 15.5 Å². The lowest BCUT2D eigenvalue weighted by Crippen LogP contribution is -2.31. The molecule has 0 saturated heterocycles. The number of hydrogen-bond acceptors (Lipinski definition) is 4. The van der Waals surface area contributed by atoms with Gasteiger partial charge in [-0.05, 0) is 32.5 Å². The minimum atomic E-state index is -0.00896. The lowest BCUT2D eigenvalue weighted by molar-refractivity contribution is -0.120. The van der Waals surface area contributed by atoms with Gasteiger partial charge >= 0.3 is 0 Å². The van der Waals surface area contributed by atoms with Crippen molar-refractivity contribution >= 4 is 24.1 Å². The smallest absolute Gasteiger partial charge is 0.234 e. The predicted molar refractivity (Wildman–Crippen MR) is 80.8 cm³/mol. The van der Waals surface area contributed by atoms with Gasteiger partial charge in [0.05, 0.1) is 6.54 Å². The molecule has 1 heterocycles. The summed E-state index contributed by atoms with van der Waals surface area (Å²) in [5.74, 6) is 0.968. The molecule has 0 aliphatic carbocycles. The summed E-state index contributed by atoms with van der Waals surface area (Å²) < 4.78 is 0. The topological polar surface area (TPSA) is 57.3 Å². The maximum absolute atomic E-state index is 11.3. The highest BCUT2D eigenvalue weighted by molar-refractivity contribution is 5.85. The van der Waals surface area contributed by atoms with Crippen LogP contribution in [-0.2, 0) is 11.3 Å². The molecule has 0 spiro atoms. The Morgan fingerprint density at radius 3 is 2.47 bits per heavy atom. The van der Waals surface area contributed by atoms with E-state index in [0.717, 1.165) is 24.5 Å². The van der Waals surface area contributed by atoms with Gasteiger partial charge in [-0.3, -0.25) is 4.79 Å². The third-order valence-corrected chi connectivity index (χ3v) is 2.72.